The largest absolute Gasteiger partial charge is 0.485 e. The third kappa shape index (κ3) is 5.33. The molecule has 2 aromatic heterocycles. The molecule has 29 heavy (non-hydrogen) atoms. The molecule has 0 spiro atoms. The Hall–Kier alpha value is -2.91. The van der Waals surface area contributed by atoms with Crippen molar-refractivity contribution in [3.05, 3.63) is 53.9 Å². The van der Waals surface area contributed by atoms with Gasteiger partial charge in [-0.15, -0.1) is 12.4 Å². The Bertz CT molecular complexity index is 934. The van der Waals surface area contributed by atoms with Crippen LogP contribution in [-0.4, -0.2) is 38.9 Å². The van der Waals surface area contributed by atoms with Gasteiger partial charge >= 0.3 is 0 Å². The molecule has 1 aliphatic heterocycles. The van der Waals surface area contributed by atoms with Gasteiger partial charge in [0.1, 0.15) is 5.75 Å². The average Bonchev–Trinajstić information content (AvgIpc) is 3.37. The minimum absolute atomic E-state index is 0. The smallest absolute Gasteiger partial charge is 0.276 e. The molecule has 0 aliphatic carbocycles. The van der Waals surface area contributed by atoms with Crippen LogP contribution in [0.4, 0.5) is 5.69 Å². The zero-order chi connectivity index (χ0) is 19.3. The van der Waals surface area contributed by atoms with Crippen molar-refractivity contribution >= 4 is 24.0 Å². The highest BCUT2D eigenvalue weighted by molar-refractivity contribution is 6.02. The van der Waals surface area contributed by atoms with Gasteiger partial charge in [-0.05, 0) is 49.7 Å². The normalized spacial score (nSPS) is 16.1. The van der Waals surface area contributed by atoms with E-state index < -0.39 is 0 Å². The third-order valence-corrected chi connectivity index (χ3v) is 4.54. The average molecular weight is 419 g/mol. The molecule has 1 unspecified atom stereocenters. The van der Waals surface area contributed by atoms with E-state index in [2.05, 4.69) is 25.9 Å². The molecule has 3 heterocycles. The summed E-state index contributed by atoms with van der Waals surface area (Å²) in [4.78, 5) is 16.5. The van der Waals surface area contributed by atoms with Gasteiger partial charge in [0, 0.05) is 25.4 Å². The van der Waals surface area contributed by atoms with Crippen LogP contribution in [0.3, 0.4) is 0 Å². The van der Waals surface area contributed by atoms with E-state index in [1.807, 2.05) is 10.9 Å². The van der Waals surface area contributed by atoms with Crippen LogP contribution in [0.2, 0.25) is 0 Å². The summed E-state index contributed by atoms with van der Waals surface area (Å²) in [5, 5.41) is 14.4. The first-order valence-electron chi connectivity index (χ1n) is 9.26. The summed E-state index contributed by atoms with van der Waals surface area (Å²) in [5.41, 5.74) is 1.07. The number of nitrogens with one attached hydrogen (secondary N) is 2. The molecular weight excluding hydrogens is 396 g/mol. The van der Waals surface area contributed by atoms with Gasteiger partial charge in [-0.3, -0.25) is 9.48 Å². The van der Waals surface area contributed by atoms with E-state index in [0.29, 0.717) is 34.9 Å². The van der Waals surface area contributed by atoms with Gasteiger partial charge in [-0.2, -0.15) is 10.1 Å². The first-order chi connectivity index (χ1) is 13.7. The van der Waals surface area contributed by atoms with Crippen LogP contribution in [0.5, 0.6) is 5.75 Å². The molecule has 3 aromatic rings. The van der Waals surface area contributed by atoms with E-state index in [9.17, 15) is 4.79 Å². The van der Waals surface area contributed by atoms with E-state index in [1.54, 1.807) is 37.3 Å². The number of hydrogen-bond donors (Lipinski definition) is 2. The lowest BCUT2D eigenvalue weighted by Crippen LogP contribution is -2.32. The molecule has 4 rings (SSSR count). The highest BCUT2D eigenvalue weighted by Gasteiger charge is 2.17. The minimum atomic E-state index is -0.238. The van der Waals surface area contributed by atoms with Crippen LogP contribution in [0, 0.1) is 6.92 Å². The monoisotopic (exact) mass is 418 g/mol. The maximum absolute atomic E-state index is 12.4. The van der Waals surface area contributed by atoms with Crippen molar-refractivity contribution in [3.63, 3.8) is 0 Å². The number of ether oxygens (including phenoxy) is 1. The van der Waals surface area contributed by atoms with E-state index in [-0.39, 0.29) is 24.9 Å². The molecule has 0 bridgehead atoms. The number of aromatic nitrogens is 4. The van der Waals surface area contributed by atoms with Crippen molar-refractivity contribution in [1.29, 1.82) is 0 Å². The van der Waals surface area contributed by atoms with Gasteiger partial charge in [0.15, 0.2) is 12.3 Å². The Morgan fingerprint density at radius 3 is 2.86 bits per heavy atom. The molecule has 10 heteroatoms. The van der Waals surface area contributed by atoms with Gasteiger partial charge in [0.2, 0.25) is 11.7 Å². The van der Waals surface area contributed by atoms with Crippen LogP contribution in [0.25, 0.3) is 0 Å². The quantitative estimate of drug-likeness (QED) is 0.633. The lowest BCUT2D eigenvalue weighted by Gasteiger charge is -2.22. The van der Waals surface area contributed by atoms with Crippen molar-refractivity contribution < 1.29 is 14.1 Å². The number of amides is 1. The first-order valence-corrected chi connectivity index (χ1v) is 9.26. The highest BCUT2D eigenvalue weighted by atomic mass is 35.5. The number of benzene rings is 1. The lowest BCUT2D eigenvalue weighted by atomic mass is 10.1. The number of carbonyl (C=O) groups excluding carboxylic acids is 1. The number of hydrogen-bond acceptors (Lipinski definition) is 7. The fourth-order valence-electron chi connectivity index (χ4n) is 3.10. The Labute approximate surface area is 174 Å². The van der Waals surface area contributed by atoms with Gasteiger partial charge in [0.25, 0.3) is 5.91 Å². The molecule has 1 aliphatic rings. The summed E-state index contributed by atoms with van der Waals surface area (Å²) in [6, 6.07) is 9.14. The van der Waals surface area contributed by atoms with Crippen LogP contribution >= 0.6 is 12.4 Å². The molecule has 1 atom stereocenters. The third-order valence-electron chi connectivity index (χ3n) is 4.54. The maximum atomic E-state index is 12.4. The molecule has 154 valence electrons. The molecular formula is C19H23ClN6O3. The lowest BCUT2D eigenvalue weighted by molar-refractivity contribution is 0.102. The second-order valence-corrected chi connectivity index (χ2v) is 6.68. The van der Waals surface area contributed by atoms with E-state index in [4.69, 9.17) is 9.26 Å². The molecule has 0 radical (unpaired) electrons. The molecule has 0 saturated carbocycles. The van der Waals surface area contributed by atoms with Crippen molar-refractivity contribution in [3.8, 4) is 5.75 Å². The predicted octanol–water partition coefficient (Wildman–Crippen LogP) is 2.75. The van der Waals surface area contributed by atoms with E-state index in [1.165, 1.54) is 0 Å². The molecule has 9 nitrogen and oxygen atoms in total. The van der Waals surface area contributed by atoms with Crippen LogP contribution < -0.4 is 15.4 Å². The van der Waals surface area contributed by atoms with Crippen molar-refractivity contribution in [2.75, 3.05) is 18.4 Å². The molecule has 1 amide bonds. The summed E-state index contributed by atoms with van der Waals surface area (Å²) in [6.07, 6.45) is 4.05. The zero-order valence-corrected chi connectivity index (χ0v) is 16.8. The summed E-state index contributed by atoms with van der Waals surface area (Å²) in [7, 11) is 0. The van der Waals surface area contributed by atoms with Gasteiger partial charge < -0.3 is 19.9 Å². The number of aryl methyl sites for hydroxylation is 1. The second kappa shape index (κ2) is 9.53. The second-order valence-electron chi connectivity index (χ2n) is 6.68. The highest BCUT2D eigenvalue weighted by Crippen LogP contribution is 2.18. The zero-order valence-electron chi connectivity index (χ0n) is 16.0. The Morgan fingerprint density at radius 2 is 2.17 bits per heavy atom. The SMILES string of the molecule is Cc1nc(COc2ccc(NC(=O)c3ccn(C4CCCNC4)n3)cc2)no1.Cl. The summed E-state index contributed by atoms with van der Waals surface area (Å²) in [5.74, 6) is 1.39. The predicted molar refractivity (Wildman–Crippen MR) is 108 cm³/mol. The van der Waals surface area contributed by atoms with E-state index >= 15 is 0 Å². The first kappa shape index (κ1) is 20.8. The number of anilines is 1. The maximum Gasteiger partial charge on any atom is 0.276 e. The Kier molecular flexibility index (Phi) is 6.84. The fourth-order valence-corrected chi connectivity index (χ4v) is 3.10. The van der Waals surface area contributed by atoms with Crippen molar-refractivity contribution in [2.24, 2.45) is 0 Å². The van der Waals surface area contributed by atoms with E-state index in [0.717, 1.165) is 25.9 Å². The number of rotatable bonds is 6. The number of piperidine rings is 1. The number of carbonyl (C=O) groups is 1. The summed E-state index contributed by atoms with van der Waals surface area (Å²) < 4.78 is 12.4. The Morgan fingerprint density at radius 1 is 1.34 bits per heavy atom. The van der Waals surface area contributed by atoms with Gasteiger partial charge in [-0.25, -0.2) is 0 Å². The minimum Gasteiger partial charge on any atom is -0.485 e. The van der Waals surface area contributed by atoms with Crippen molar-refractivity contribution in [2.45, 2.75) is 32.4 Å². The van der Waals surface area contributed by atoms with Crippen LogP contribution in [-0.2, 0) is 6.61 Å². The van der Waals surface area contributed by atoms with Crippen LogP contribution in [0.15, 0.2) is 41.1 Å². The molecule has 1 saturated heterocycles. The van der Waals surface area contributed by atoms with Gasteiger partial charge in [-0.1, -0.05) is 5.16 Å². The topological polar surface area (TPSA) is 107 Å². The summed E-state index contributed by atoms with van der Waals surface area (Å²) in [6.45, 7) is 3.87. The van der Waals surface area contributed by atoms with Crippen LogP contribution in [0.1, 0.15) is 41.1 Å². The fraction of sp³-hybridized carbons (Fsp3) is 0.368. The standard InChI is InChI=1S/C19H22N6O3.ClH/c1-13-21-18(24-28-13)12-27-16-6-4-14(5-7-16)22-19(26)17-8-10-25(23-17)15-3-2-9-20-11-15;/h4-8,10,15,20H,2-3,9,11-12H2,1H3,(H,22,26);1H. The number of halogens is 1. The molecule has 1 fully saturated rings. The van der Waals surface area contributed by atoms with Gasteiger partial charge in [0.05, 0.1) is 6.04 Å². The number of nitrogens with zero attached hydrogens (tertiary/aromatic N) is 4. The molecule has 2 N–H and O–H groups in total. The summed E-state index contributed by atoms with van der Waals surface area (Å²) >= 11 is 0. The van der Waals surface area contributed by atoms with Crippen molar-refractivity contribution in [1.82, 2.24) is 25.2 Å². The molecule has 1 aromatic carbocycles. The Balaban J connectivity index is 0.00000240.